The summed E-state index contributed by atoms with van der Waals surface area (Å²) >= 11 is 0. The molecule has 5 nitrogen and oxygen atoms in total. The molecule has 1 heterocycles. The summed E-state index contributed by atoms with van der Waals surface area (Å²) in [5.41, 5.74) is 0.440. The molecule has 1 amide bonds. The number of hydrogen-bond acceptors (Lipinski definition) is 4. The van der Waals surface area contributed by atoms with E-state index >= 15 is 0 Å². The van der Waals surface area contributed by atoms with Gasteiger partial charge in [-0.1, -0.05) is 19.8 Å². The topological polar surface area (TPSA) is 66.9 Å². The van der Waals surface area contributed by atoms with Crippen LogP contribution in [0.3, 0.4) is 0 Å². The van der Waals surface area contributed by atoms with Crippen LogP contribution < -0.4 is 10.6 Å². The Morgan fingerprint density at radius 3 is 2.89 bits per heavy atom. The summed E-state index contributed by atoms with van der Waals surface area (Å²) in [7, 11) is 0. The zero-order valence-electron chi connectivity index (χ0n) is 10.8. The lowest BCUT2D eigenvalue weighted by Gasteiger charge is -2.11. The first kappa shape index (κ1) is 12.8. The smallest absolute Gasteiger partial charge is 0.270 e. The normalized spacial score (nSPS) is 15.6. The summed E-state index contributed by atoms with van der Waals surface area (Å²) < 4.78 is 0. The molecule has 1 aliphatic carbocycles. The van der Waals surface area contributed by atoms with Gasteiger partial charge in [-0.3, -0.25) is 4.79 Å². The predicted octanol–water partition coefficient (Wildman–Crippen LogP) is 1.97. The molecule has 5 heteroatoms. The lowest BCUT2D eigenvalue weighted by Crippen LogP contribution is -2.33. The molecule has 18 heavy (non-hydrogen) atoms. The van der Waals surface area contributed by atoms with Crippen molar-refractivity contribution in [2.24, 2.45) is 0 Å². The Kier molecular flexibility index (Phi) is 4.50. The van der Waals surface area contributed by atoms with Gasteiger partial charge in [-0.25, -0.2) is 9.97 Å². The number of nitrogens with zero attached hydrogens (tertiary/aromatic N) is 2. The molecule has 2 N–H and O–H groups in total. The van der Waals surface area contributed by atoms with E-state index in [-0.39, 0.29) is 5.91 Å². The minimum atomic E-state index is -0.0937. The number of hydrogen-bond donors (Lipinski definition) is 2. The number of amides is 1. The highest BCUT2D eigenvalue weighted by Crippen LogP contribution is 2.18. The number of anilines is 1. The first-order chi connectivity index (χ1) is 8.79. The first-order valence-electron chi connectivity index (χ1n) is 6.66. The van der Waals surface area contributed by atoms with Crippen LogP contribution in [0.5, 0.6) is 0 Å². The van der Waals surface area contributed by atoms with Crippen LogP contribution in [-0.2, 0) is 0 Å². The molecule has 0 saturated heterocycles. The molecule has 0 unspecified atom stereocenters. The van der Waals surface area contributed by atoms with E-state index in [2.05, 4.69) is 27.5 Å². The standard InChI is InChI=1S/C13H20N4O/c1-2-7-14-12-8-11(15-9-16-12)13(18)17-10-5-3-4-6-10/h8-10H,2-7H2,1H3,(H,17,18)(H,14,15,16). The van der Waals surface area contributed by atoms with Crippen LogP contribution in [0, 0.1) is 0 Å². The van der Waals surface area contributed by atoms with Crippen molar-refractivity contribution in [1.82, 2.24) is 15.3 Å². The largest absolute Gasteiger partial charge is 0.370 e. The number of aromatic nitrogens is 2. The third-order valence-corrected chi connectivity index (χ3v) is 3.15. The second-order valence-electron chi connectivity index (χ2n) is 4.67. The summed E-state index contributed by atoms with van der Waals surface area (Å²) in [5.74, 6) is 0.618. The van der Waals surface area contributed by atoms with Crippen LogP contribution in [0.2, 0.25) is 0 Å². The average molecular weight is 248 g/mol. The fourth-order valence-electron chi connectivity index (χ4n) is 2.16. The molecule has 2 rings (SSSR count). The molecule has 98 valence electrons. The van der Waals surface area contributed by atoms with Gasteiger partial charge in [0.2, 0.25) is 0 Å². The van der Waals surface area contributed by atoms with Crippen molar-refractivity contribution in [3.05, 3.63) is 18.1 Å². The monoisotopic (exact) mass is 248 g/mol. The number of carbonyl (C=O) groups is 1. The Labute approximate surface area is 107 Å². The Hall–Kier alpha value is -1.65. The molecule has 1 aliphatic rings. The van der Waals surface area contributed by atoms with Crippen molar-refractivity contribution < 1.29 is 4.79 Å². The molecule has 0 atom stereocenters. The minimum absolute atomic E-state index is 0.0937. The van der Waals surface area contributed by atoms with Crippen molar-refractivity contribution >= 4 is 11.7 Å². The third-order valence-electron chi connectivity index (χ3n) is 3.15. The van der Waals surface area contributed by atoms with E-state index in [4.69, 9.17) is 0 Å². The zero-order valence-corrected chi connectivity index (χ0v) is 10.8. The molecule has 0 bridgehead atoms. The Morgan fingerprint density at radius 1 is 1.39 bits per heavy atom. The van der Waals surface area contributed by atoms with Gasteiger partial charge in [0.25, 0.3) is 5.91 Å². The molecule has 1 saturated carbocycles. The van der Waals surface area contributed by atoms with E-state index in [0.29, 0.717) is 17.6 Å². The Morgan fingerprint density at radius 2 is 2.17 bits per heavy atom. The predicted molar refractivity (Wildman–Crippen MR) is 70.5 cm³/mol. The molecule has 1 aromatic heterocycles. The number of rotatable bonds is 5. The molecule has 0 radical (unpaired) electrons. The Bertz CT molecular complexity index is 402. The van der Waals surface area contributed by atoms with Crippen LogP contribution in [0.1, 0.15) is 49.5 Å². The van der Waals surface area contributed by atoms with Gasteiger partial charge in [0.1, 0.15) is 17.8 Å². The van der Waals surface area contributed by atoms with Gasteiger partial charge < -0.3 is 10.6 Å². The van der Waals surface area contributed by atoms with E-state index in [9.17, 15) is 4.79 Å². The van der Waals surface area contributed by atoms with Crippen molar-refractivity contribution in [2.45, 2.75) is 45.1 Å². The number of nitrogens with one attached hydrogen (secondary N) is 2. The maximum Gasteiger partial charge on any atom is 0.270 e. The van der Waals surface area contributed by atoms with Gasteiger partial charge in [0.15, 0.2) is 0 Å². The fourth-order valence-corrected chi connectivity index (χ4v) is 2.16. The summed E-state index contributed by atoms with van der Waals surface area (Å²) in [4.78, 5) is 20.1. The van der Waals surface area contributed by atoms with Crippen LogP contribution in [0.25, 0.3) is 0 Å². The number of carbonyl (C=O) groups excluding carboxylic acids is 1. The fraction of sp³-hybridized carbons (Fsp3) is 0.615. The lowest BCUT2D eigenvalue weighted by atomic mass is 10.2. The van der Waals surface area contributed by atoms with Crippen molar-refractivity contribution in [2.75, 3.05) is 11.9 Å². The molecule has 0 aromatic carbocycles. The highest BCUT2D eigenvalue weighted by Gasteiger charge is 2.18. The van der Waals surface area contributed by atoms with Crippen molar-refractivity contribution in [1.29, 1.82) is 0 Å². The van der Waals surface area contributed by atoms with E-state index in [1.54, 1.807) is 6.07 Å². The summed E-state index contributed by atoms with van der Waals surface area (Å²) in [6, 6.07) is 2.03. The second-order valence-corrected chi connectivity index (χ2v) is 4.67. The maximum absolute atomic E-state index is 12.0. The van der Waals surface area contributed by atoms with E-state index in [0.717, 1.165) is 25.8 Å². The third kappa shape index (κ3) is 3.42. The molecule has 0 aliphatic heterocycles. The van der Waals surface area contributed by atoms with Gasteiger partial charge in [-0.2, -0.15) is 0 Å². The van der Waals surface area contributed by atoms with Gasteiger partial charge in [0.05, 0.1) is 0 Å². The molecule has 1 aromatic rings. The highest BCUT2D eigenvalue weighted by molar-refractivity contribution is 5.93. The van der Waals surface area contributed by atoms with E-state index in [1.165, 1.54) is 19.2 Å². The summed E-state index contributed by atoms with van der Waals surface area (Å²) in [6.45, 7) is 2.93. The van der Waals surface area contributed by atoms with Gasteiger partial charge in [-0.15, -0.1) is 0 Å². The van der Waals surface area contributed by atoms with Gasteiger partial charge in [-0.05, 0) is 19.3 Å². The lowest BCUT2D eigenvalue weighted by molar-refractivity contribution is 0.0932. The summed E-state index contributed by atoms with van der Waals surface area (Å²) in [5, 5.41) is 6.17. The summed E-state index contributed by atoms with van der Waals surface area (Å²) in [6.07, 6.45) is 7.03. The molecule has 0 spiro atoms. The molecular weight excluding hydrogens is 228 g/mol. The van der Waals surface area contributed by atoms with E-state index < -0.39 is 0 Å². The molecular formula is C13H20N4O. The van der Waals surface area contributed by atoms with Crippen molar-refractivity contribution in [3.8, 4) is 0 Å². The van der Waals surface area contributed by atoms with Crippen LogP contribution in [0.15, 0.2) is 12.4 Å². The molecule has 1 fully saturated rings. The van der Waals surface area contributed by atoms with Crippen LogP contribution in [-0.4, -0.2) is 28.5 Å². The average Bonchev–Trinajstić information content (AvgIpc) is 2.89. The first-order valence-corrected chi connectivity index (χ1v) is 6.66. The quantitative estimate of drug-likeness (QED) is 0.836. The second kappa shape index (κ2) is 6.33. The van der Waals surface area contributed by atoms with Crippen LogP contribution >= 0.6 is 0 Å². The van der Waals surface area contributed by atoms with Crippen molar-refractivity contribution in [3.63, 3.8) is 0 Å². The highest BCUT2D eigenvalue weighted by atomic mass is 16.1. The Balaban J connectivity index is 1.96. The maximum atomic E-state index is 12.0. The van der Waals surface area contributed by atoms with Crippen LogP contribution in [0.4, 0.5) is 5.82 Å². The zero-order chi connectivity index (χ0) is 12.8. The SMILES string of the molecule is CCCNc1cc(C(=O)NC2CCCC2)ncn1. The van der Waals surface area contributed by atoms with Gasteiger partial charge >= 0.3 is 0 Å². The van der Waals surface area contributed by atoms with Gasteiger partial charge in [0, 0.05) is 18.7 Å². The minimum Gasteiger partial charge on any atom is -0.370 e. The van der Waals surface area contributed by atoms with E-state index in [1.807, 2.05) is 0 Å².